The summed E-state index contributed by atoms with van der Waals surface area (Å²) in [6.07, 6.45) is 0.534. The average Bonchev–Trinajstić information content (AvgIpc) is 2.75. The minimum absolute atomic E-state index is 0.0179. The first-order valence-electron chi connectivity index (χ1n) is 10.0. The van der Waals surface area contributed by atoms with Crippen molar-refractivity contribution in [1.82, 2.24) is 9.80 Å². The number of benzene rings is 2. The van der Waals surface area contributed by atoms with Crippen LogP contribution >= 0.6 is 0 Å². The van der Waals surface area contributed by atoms with Crippen LogP contribution in [0.15, 0.2) is 54.6 Å². The Labute approximate surface area is 175 Å². The number of hydrogen-bond acceptors (Lipinski definition) is 3. The van der Waals surface area contributed by atoms with Gasteiger partial charge < -0.3 is 20.0 Å². The molecule has 2 N–H and O–H groups in total. The Bertz CT molecular complexity index is 915. The molecule has 0 saturated heterocycles. The summed E-state index contributed by atoms with van der Waals surface area (Å²) >= 11 is 0. The monoisotopic (exact) mass is 410 g/mol. The van der Waals surface area contributed by atoms with Crippen LogP contribution in [0.25, 0.3) is 0 Å². The van der Waals surface area contributed by atoms with Gasteiger partial charge in [-0.05, 0) is 30.0 Å². The fourth-order valence-electron chi connectivity index (χ4n) is 3.86. The second-order valence-corrected chi connectivity index (χ2v) is 7.50. The number of carbonyl (C=O) groups is 3. The van der Waals surface area contributed by atoms with Crippen molar-refractivity contribution in [2.24, 2.45) is 5.92 Å². The molecule has 1 aliphatic rings. The lowest BCUT2D eigenvalue weighted by Crippen LogP contribution is -2.54. The van der Waals surface area contributed by atoms with Gasteiger partial charge in [0.1, 0.15) is 6.04 Å². The third-order valence-electron chi connectivity index (χ3n) is 5.55. The zero-order valence-electron chi connectivity index (χ0n) is 16.9. The molecule has 3 rings (SSSR count). The maximum Gasteiger partial charge on any atom is 0.326 e. The second-order valence-electron chi connectivity index (χ2n) is 7.50. The largest absolute Gasteiger partial charge is 0.481 e. The summed E-state index contributed by atoms with van der Waals surface area (Å²) in [6, 6.07) is 15.3. The Kier molecular flexibility index (Phi) is 6.72. The van der Waals surface area contributed by atoms with E-state index in [9.17, 15) is 24.6 Å². The molecule has 0 unspecified atom stereocenters. The molecule has 0 radical (unpaired) electrons. The number of aliphatic carboxylic acids is 2. The maximum absolute atomic E-state index is 13.3. The van der Waals surface area contributed by atoms with Crippen LogP contribution in [0.3, 0.4) is 0 Å². The van der Waals surface area contributed by atoms with Crippen LogP contribution in [0.4, 0.5) is 4.79 Å². The van der Waals surface area contributed by atoms with Gasteiger partial charge in [-0.2, -0.15) is 0 Å². The van der Waals surface area contributed by atoms with E-state index in [1.807, 2.05) is 54.6 Å². The van der Waals surface area contributed by atoms with E-state index in [1.54, 1.807) is 6.92 Å². The van der Waals surface area contributed by atoms with Crippen molar-refractivity contribution in [3.05, 3.63) is 71.3 Å². The summed E-state index contributed by atoms with van der Waals surface area (Å²) < 4.78 is 0. The van der Waals surface area contributed by atoms with Crippen molar-refractivity contribution in [2.75, 3.05) is 13.1 Å². The lowest BCUT2D eigenvalue weighted by Gasteiger charge is -2.38. The normalized spacial score (nSPS) is 16.4. The van der Waals surface area contributed by atoms with E-state index >= 15 is 0 Å². The summed E-state index contributed by atoms with van der Waals surface area (Å²) in [5, 5.41) is 19.4. The van der Waals surface area contributed by atoms with E-state index in [-0.39, 0.29) is 19.5 Å². The summed E-state index contributed by atoms with van der Waals surface area (Å²) in [5.41, 5.74) is 2.71. The Morgan fingerprint density at radius 2 is 1.67 bits per heavy atom. The molecule has 7 nitrogen and oxygen atoms in total. The molecule has 7 heteroatoms. The average molecular weight is 410 g/mol. The smallest absolute Gasteiger partial charge is 0.326 e. The van der Waals surface area contributed by atoms with Crippen LogP contribution in [0.2, 0.25) is 0 Å². The van der Waals surface area contributed by atoms with Crippen LogP contribution in [-0.4, -0.2) is 57.1 Å². The van der Waals surface area contributed by atoms with E-state index in [0.717, 1.165) is 16.7 Å². The number of amides is 2. The van der Waals surface area contributed by atoms with Crippen LogP contribution in [-0.2, 0) is 29.0 Å². The Morgan fingerprint density at radius 3 is 2.27 bits per heavy atom. The van der Waals surface area contributed by atoms with Gasteiger partial charge in [0.05, 0.1) is 5.92 Å². The highest BCUT2D eigenvalue weighted by atomic mass is 16.4. The van der Waals surface area contributed by atoms with Gasteiger partial charge in [0.2, 0.25) is 0 Å². The summed E-state index contributed by atoms with van der Waals surface area (Å²) in [7, 11) is 0. The maximum atomic E-state index is 13.3. The zero-order chi connectivity index (χ0) is 21.7. The summed E-state index contributed by atoms with van der Waals surface area (Å²) in [5.74, 6) is -2.83. The third kappa shape index (κ3) is 4.79. The minimum atomic E-state index is -1.06. The van der Waals surface area contributed by atoms with Crippen molar-refractivity contribution >= 4 is 18.0 Å². The molecule has 2 aromatic rings. The quantitative estimate of drug-likeness (QED) is 0.731. The molecule has 0 aliphatic carbocycles. The Morgan fingerprint density at radius 1 is 1.03 bits per heavy atom. The standard InChI is InChI=1S/C23H26N2O5/c1-2-24(14-19(21(26)27)12-16-8-4-3-5-9-16)23(30)25-15-18-11-7-6-10-17(18)13-20(25)22(28)29/h3-11,19-20H,2,12-15H2,1H3,(H,26,27)(H,28,29)/t19-,20-/m0/s1. The minimum Gasteiger partial charge on any atom is -0.481 e. The van der Waals surface area contributed by atoms with Gasteiger partial charge in [-0.1, -0.05) is 54.6 Å². The van der Waals surface area contributed by atoms with Crippen molar-refractivity contribution in [2.45, 2.75) is 32.4 Å². The van der Waals surface area contributed by atoms with E-state index in [1.165, 1.54) is 9.80 Å². The molecule has 2 atom stereocenters. The van der Waals surface area contributed by atoms with E-state index in [0.29, 0.717) is 13.0 Å². The number of nitrogens with zero attached hydrogens (tertiary/aromatic N) is 2. The molecule has 0 saturated carbocycles. The lowest BCUT2D eigenvalue weighted by atomic mass is 9.94. The van der Waals surface area contributed by atoms with Crippen LogP contribution in [0.5, 0.6) is 0 Å². The van der Waals surface area contributed by atoms with Crippen molar-refractivity contribution in [1.29, 1.82) is 0 Å². The van der Waals surface area contributed by atoms with Crippen LogP contribution < -0.4 is 0 Å². The predicted octanol–water partition coefficient (Wildman–Crippen LogP) is 2.88. The molecule has 0 aromatic heterocycles. The number of fused-ring (bicyclic) bond motifs is 1. The SMILES string of the molecule is CCN(C[C@H](Cc1ccccc1)C(=O)O)C(=O)N1Cc2ccccc2C[C@H]1C(=O)O. The van der Waals surface area contributed by atoms with Crippen molar-refractivity contribution < 1.29 is 24.6 Å². The van der Waals surface area contributed by atoms with Crippen LogP contribution in [0, 0.1) is 5.92 Å². The van der Waals surface area contributed by atoms with Gasteiger partial charge in [0.15, 0.2) is 0 Å². The Hall–Kier alpha value is -3.35. The molecule has 2 aromatic carbocycles. The van der Waals surface area contributed by atoms with Gasteiger partial charge in [0, 0.05) is 26.1 Å². The molecule has 30 heavy (non-hydrogen) atoms. The van der Waals surface area contributed by atoms with Gasteiger partial charge in [0.25, 0.3) is 0 Å². The number of rotatable bonds is 7. The number of carboxylic acid groups (broad SMARTS) is 2. The molecule has 158 valence electrons. The molecule has 0 fully saturated rings. The first-order chi connectivity index (χ1) is 14.4. The summed E-state index contributed by atoms with van der Waals surface area (Å²) in [6.45, 7) is 2.28. The first kappa shape index (κ1) is 21.4. The fourth-order valence-corrected chi connectivity index (χ4v) is 3.86. The molecule has 1 aliphatic heterocycles. The highest BCUT2D eigenvalue weighted by Gasteiger charge is 2.37. The topological polar surface area (TPSA) is 98.2 Å². The fraction of sp³-hybridized carbons (Fsp3) is 0.348. The second kappa shape index (κ2) is 9.43. The van der Waals surface area contributed by atoms with Gasteiger partial charge >= 0.3 is 18.0 Å². The molecular weight excluding hydrogens is 384 g/mol. The Balaban J connectivity index is 1.79. The zero-order valence-corrected chi connectivity index (χ0v) is 16.9. The third-order valence-corrected chi connectivity index (χ3v) is 5.55. The van der Waals surface area contributed by atoms with Crippen molar-refractivity contribution in [3.8, 4) is 0 Å². The molecule has 2 amide bonds. The molecule has 1 heterocycles. The predicted molar refractivity (Wildman–Crippen MR) is 111 cm³/mol. The van der Waals surface area contributed by atoms with Crippen molar-refractivity contribution in [3.63, 3.8) is 0 Å². The molecule has 0 bridgehead atoms. The van der Waals surface area contributed by atoms with Crippen LogP contribution in [0.1, 0.15) is 23.6 Å². The van der Waals surface area contributed by atoms with E-state index in [2.05, 4.69) is 0 Å². The molecular formula is C23H26N2O5. The molecule has 0 spiro atoms. The number of hydrogen-bond donors (Lipinski definition) is 2. The number of carboxylic acids is 2. The summed E-state index contributed by atoms with van der Waals surface area (Å²) in [4.78, 5) is 39.7. The van der Waals surface area contributed by atoms with Gasteiger partial charge in [-0.25, -0.2) is 9.59 Å². The number of urea groups is 1. The van der Waals surface area contributed by atoms with Gasteiger partial charge in [-0.3, -0.25) is 4.79 Å². The first-order valence-corrected chi connectivity index (χ1v) is 10.0. The number of carbonyl (C=O) groups excluding carboxylic acids is 1. The highest BCUT2D eigenvalue weighted by molar-refractivity contribution is 5.84. The van der Waals surface area contributed by atoms with Gasteiger partial charge in [-0.15, -0.1) is 0 Å². The van der Waals surface area contributed by atoms with E-state index in [4.69, 9.17) is 0 Å². The lowest BCUT2D eigenvalue weighted by molar-refractivity contribution is -0.144. The van der Waals surface area contributed by atoms with E-state index < -0.39 is 29.9 Å². The highest BCUT2D eigenvalue weighted by Crippen LogP contribution is 2.25.